The lowest BCUT2D eigenvalue weighted by Crippen LogP contribution is -2.25. The van der Waals surface area contributed by atoms with E-state index in [-0.39, 0.29) is 16.6 Å². The Morgan fingerprint density at radius 3 is 2.37 bits per heavy atom. The number of benzene rings is 1. The highest BCUT2D eigenvalue weighted by atomic mass is 16.1. The van der Waals surface area contributed by atoms with Crippen molar-refractivity contribution in [3.05, 3.63) is 41.0 Å². The van der Waals surface area contributed by atoms with Crippen LogP contribution in [-0.4, -0.2) is 5.78 Å². The largest absolute Gasteiger partial charge is 0.295 e. The topological polar surface area (TPSA) is 17.1 Å². The number of fused-ring (bicyclic) bond motifs is 1. The van der Waals surface area contributed by atoms with Crippen LogP contribution in [0.4, 0.5) is 0 Å². The number of carbonyl (C=O) groups is 1. The molecular formula is C18H24O. The van der Waals surface area contributed by atoms with E-state index in [1.54, 1.807) is 6.92 Å². The second-order valence-corrected chi connectivity index (χ2v) is 7.27. The molecule has 0 aromatic heterocycles. The average molecular weight is 256 g/mol. The van der Waals surface area contributed by atoms with Gasteiger partial charge in [-0.05, 0) is 46.9 Å². The van der Waals surface area contributed by atoms with Crippen molar-refractivity contribution in [3.8, 4) is 0 Å². The quantitative estimate of drug-likeness (QED) is 0.646. The maximum Gasteiger partial charge on any atom is 0.159 e. The van der Waals surface area contributed by atoms with Gasteiger partial charge in [-0.2, -0.15) is 0 Å². The molecule has 1 aliphatic carbocycles. The van der Waals surface area contributed by atoms with Gasteiger partial charge in [0.15, 0.2) is 5.78 Å². The number of rotatable bonds is 1. The van der Waals surface area contributed by atoms with Gasteiger partial charge in [0.2, 0.25) is 0 Å². The van der Waals surface area contributed by atoms with Crippen LogP contribution in [0.5, 0.6) is 0 Å². The van der Waals surface area contributed by atoms with Gasteiger partial charge in [0.1, 0.15) is 0 Å². The smallest absolute Gasteiger partial charge is 0.159 e. The molecule has 2 rings (SSSR count). The van der Waals surface area contributed by atoms with Crippen molar-refractivity contribution in [2.45, 2.75) is 53.4 Å². The van der Waals surface area contributed by atoms with Gasteiger partial charge >= 0.3 is 0 Å². The van der Waals surface area contributed by atoms with Crippen molar-refractivity contribution < 1.29 is 4.79 Å². The minimum absolute atomic E-state index is 0.107. The highest BCUT2D eigenvalue weighted by molar-refractivity contribution is 5.95. The maximum atomic E-state index is 11.6. The second kappa shape index (κ2) is 4.33. The van der Waals surface area contributed by atoms with Gasteiger partial charge in [-0.25, -0.2) is 0 Å². The van der Waals surface area contributed by atoms with Crippen LogP contribution in [0.25, 0.3) is 5.57 Å². The third-order valence-electron chi connectivity index (χ3n) is 4.07. The van der Waals surface area contributed by atoms with E-state index in [1.807, 2.05) is 6.07 Å². The summed E-state index contributed by atoms with van der Waals surface area (Å²) in [4.78, 5) is 11.6. The van der Waals surface area contributed by atoms with Crippen molar-refractivity contribution in [1.82, 2.24) is 0 Å². The third kappa shape index (κ3) is 2.51. The molecule has 1 heteroatoms. The summed E-state index contributed by atoms with van der Waals surface area (Å²) >= 11 is 0. The minimum atomic E-state index is 0.107. The molecule has 0 atom stereocenters. The van der Waals surface area contributed by atoms with Gasteiger partial charge in [-0.15, -0.1) is 0 Å². The first-order valence-electron chi connectivity index (χ1n) is 6.99. The zero-order valence-electron chi connectivity index (χ0n) is 12.9. The summed E-state index contributed by atoms with van der Waals surface area (Å²) in [6.07, 6.45) is 3.41. The van der Waals surface area contributed by atoms with Gasteiger partial charge in [-0.3, -0.25) is 4.79 Å². The van der Waals surface area contributed by atoms with Gasteiger partial charge in [-0.1, -0.05) is 52.8 Å². The first-order chi connectivity index (χ1) is 8.63. The van der Waals surface area contributed by atoms with E-state index in [0.717, 1.165) is 12.0 Å². The molecule has 0 amide bonds. The predicted octanol–water partition coefficient (Wildman–Crippen LogP) is 5.00. The van der Waals surface area contributed by atoms with E-state index in [4.69, 9.17) is 0 Å². The molecule has 1 aromatic rings. The van der Waals surface area contributed by atoms with E-state index in [1.165, 1.54) is 16.7 Å². The van der Waals surface area contributed by atoms with Crippen molar-refractivity contribution >= 4 is 11.4 Å². The molecule has 0 spiro atoms. The number of ketones is 1. The summed E-state index contributed by atoms with van der Waals surface area (Å²) in [5.41, 5.74) is 5.10. The Labute approximate surface area is 116 Å². The number of Topliss-reactive ketones (excluding diaryl/α,β-unsaturated/α-hetero) is 1. The second-order valence-electron chi connectivity index (χ2n) is 7.27. The maximum absolute atomic E-state index is 11.6. The van der Waals surface area contributed by atoms with Crippen LogP contribution in [0.2, 0.25) is 0 Å². The van der Waals surface area contributed by atoms with Gasteiger partial charge in [0, 0.05) is 5.56 Å². The van der Waals surface area contributed by atoms with Crippen molar-refractivity contribution in [2.24, 2.45) is 5.41 Å². The van der Waals surface area contributed by atoms with E-state index >= 15 is 0 Å². The average Bonchev–Trinajstić information content (AvgIpc) is 2.26. The highest BCUT2D eigenvalue weighted by Gasteiger charge is 2.32. The molecule has 1 aliphatic rings. The SMILES string of the molecule is CC(=O)c1ccc2c(c1)C(C)(C)CC=C2C(C)(C)C. The fourth-order valence-corrected chi connectivity index (χ4v) is 2.85. The van der Waals surface area contributed by atoms with Crippen LogP contribution in [-0.2, 0) is 5.41 Å². The molecule has 1 nitrogen and oxygen atoms in total. The van der Waals surface area contributed by atoms with E-state index in [9.17, 15) is 4.79 Å². The summed E-state index contributed by atoms with van der Waals surface area (Å²) in [5.74, 6) is 0.144. The van der Waals surface area contributed by atoms with E-state index < -0.39 is 0 Å². The van der Waals surface area contributed by atoms with Crippen molar-refractivity contribution in [3.63, 3.8) is 0 Å². The molecular weight excluding hydrogens is 232 g/mol. The fraction of sp³-hybridized carbons (Fsp3) is 0.500. The third-order valence-corrected chi connectivity index (χ3v) is 4.07. The first-order valence-corrected chi connectivity index (χ1v) is 6.99. The van der Waals surface area contributed by atoms with Gasteiger partial charge < -0.3 is 0 Å². The van der Waals surface area contributed by atoms with Gasteiger partial charge in [0.25, 0.3) is 0 Å². The van der Waals surface area contributed by atoms with Gasteiger partial charge in [0.05, 0.1) is 0 Å². The number of hydrogen-bond acceptors (Lipinski definition) is 1. The summed E-state index contributed by atoms with van der Waals surface area (Å²) in [6, 6.07) is 6.18. The number of hydrogen-bond donors (Lipinski definition) is 0. The molecule has 1 aromatic carbocycles. The Morgan fingerprint density at radius 2 is 1.84 bits per heavy atom. The molecule has 0 aliphatic heterocycles. The Morgan fingerprint density at radius 1 is 1.21 bits per heavy atom. The minimum Gasteiger partial charge on any atom is -0.295 e. The zero-order chi connectivity index (χ0) is 14.4. The van der Waals surface area contributed by atoms with Crippen LogP contribution in [0, 0.1) is 5.41 Å². The molecule has 0 N–H and O–H groups in total. The Kier molecular flexibility index (Phi) is 3.20. The number of allylic oxidation sites excluding steroid dienone is 2. The van der Waals surface area contributed by atoms with Crippen LogP contribution in [0.3, 0.4) is 0 Å². The first kappa shape index (κ1) is 14.0. The molecule has 0 heterocycles. The Hall–Kier alpha value is -1.37. The summed E-state index contributed by atoms with van der Waals surface area (Å²) < 4.78 is 0. The zero-order valence-corrected chi connectivity index (χ0v) is 12.9. The van der Waals surface area contributed by atoms with E-state index in [0.29, 0.717) is 0 Å². The lowest BCUT2D eigenvalue weighted by atomic mass is 9.68. The summed E-state index contributed by atoms with van der Waals surface area (Å²) in [6.45, 7) is 12.9. The molecule has 0 unspecified atom stereocenters. The molecule has 0 saturated carbocycles. The monoisotopic (exact) mass is 256 g/mol. The molecule has 0 radical (unpaired) electrons. The Bertz CT molecular complexity index is 554. The van der Waals surface area contributed by atoms with Crippen LogP contribution >= 0.6 is 0 Å². The van der Waals surface area contributed by atoms with Crippen molar-refractivity contribution in [2.75, 3.05) is 0 Å². The fourth-order valence-electron chi connectivity index (χ4n) is 2.85. The summed E-state index contributed by atoms with van der Waals surface area (Å²) in [7, 11) is 0. The molecule has 19 heavy (non-hydrogen) atoms. The lowest BCUT2D eigenvalue weighted by Gasteiger charge is -2.36. The molecule has 0 bridgehead atoms. The number of carbonyl (C=O) groups excluding carboxylic acids is 1. The highest BCUT2D eigenvalue weighted by Crippen LogP contribution is 2.45. The lowest BCUT2D eigenvalue weighted by molar-refractivity contribution is 0.101. The summed E-state index contributed by atoms with van der Waals surface area (Å²) in [5, 5.41) is 0. The predicted molar refractivity (Wildman–Crippen MR) is 81.5 cm³/mol. The molecule has 0 fully saturated rings. The normalized spacial score (nSPS) is 17.7. The van der Waals surface area contributed by atoms with Crippen LogP contribution in [0.1, 0.15) is 69.4 Å². The van der Waals surface area contributed by atoms with E-state index in [2.05, 4.69) is 52.8 Å². The standard InChI is InChI=1S/C18H24O/c1-12(19)13-7-8-14-15(17(2,3)4)9-10-18(5,6)16(14)11-13/h7-9,11H,10H2,1-6H3. The van der Waals surface area contributed by atoms with Crippen molar-refractivity contribution in [1.29, 1.82) is 0 Å². The van der Waals surface area contributed by atoms with Crippen LogP contribution < -0.4 is 0 Å². The molecule has 102 valence electrons. The molecule has 0 saturated heterocycles. The van der Waals surface area contributed by atoms with Crippen LogP contribution in [0.15, 0.2) is 24.3 Å². The Balaban J connectivity index is 2.65.